The van der Waals surface area contributed by atoms with Crippen molar-refractivity contribution in [3.05, 3.63) is 32.9 Å². The van der Waals surface area contributed by atoms with Crippen LogP contribution in [0.5, 0.6) is 0 Å². The first-order valence-corrected chi connectivity index (χ1v) is 6.99. The van der Waals surface area contributed by atoms with Crippen LogP contribution in [0.15, 0.2) is 18.2 Å². The minimum atomic E-state index is 0.978. The second-order valence-corrected chi connectivity index (χ2v) is 5.01. The van der Waals surface area contributed by atoms with Gasteiger partial charge in [-0.3, -0.25) is 0 Å². The number of halogens is 1. The Hall–Kier alpha value is -0.130. The molecule has 0 amide bonds. The van der Waals surface area contributed by atoms with Crippen molar-refractivity contribution in [1.82, 2.24) is 10.6 Å². The quantitative estimate of drug-likeness (QED) is 0.593. The molecule has 0 fully saturated rings. The summed E-state index contributed by atoms with van der Waals surface area (Å²) in [6.45, 7) is 8.53. The van der Waals surface area contributed by atoms with E-state index in [9.17, 15) is 0 Å². The highest BCUT2D eigenvalue weighted by Crippen LogP contribution is 2.16. The largest absolute Gasteiger partial charge is 0.317 e. The standard InChI is InChI=1S/C13H21IN2/c1-3-15-8-5-9-16-10-12-7-4-6-11(2)13(12)14/h4,6-7,15-16H,3,5,8-10H2,1-2H3. The van der Waals surface area contributed by atoms with Gasteiger partial charge in [0, 0.05) is 10.1 Å². The fourth-order valence-electron chi connectivity index (χ4n) is 1.58. The summed E-state index contributed by atoms with van der Waals surface area (Å²) in [4.78, 5) is 0. The summed E-state index contributed by atoms with van der Waals surface area (Å²) >= 11 is 2.43. The molecule has 0 atom stereocenters. The fourth-order valence-corrected chi connectivity index (χ4v) is 2.13. The molecule has 0 aliphatic carbocycles. The van der Waals surface area contributed by atoms with Crippen molar-refractivity contribution in [2.75, 3.05) is 19.6 Å². The number of hydrogen-bond acceptors (Lipinski definition) is 2. The lowest BCUT2D eigenvalue weighted by Gasteiger charge is -2.08. The number of aryl methyl sites for hydroxylation is 1. The molecule has 16 heavy (non-hydrogen) atoms. The number of benzene rings is 1. The van der Waals surface area contributed by atoms with Crippen molar-refractivity contribution in [3.8, 4) is 0 Å². The summed E-state index contributed by atoms with van der Waals surface area (Å²) in [7, 11) is 0. The van der Waals surface area contributed by atoms with E-state index in [0.717, 1.165) is 26.2 Å². The predicted molar refractivity (Wildman–Crippen MR) is 78.8 cm³/mol. The van der Waals surface area contributed by atoms with E-state index in [1.807, 2.05) is 0 Å². The molecule has 0 unspecified atom stereocenters. The third kappa shape index (κ3) is 4.80. The van der Waals surface area contributed by atoms with Gasteiger partial charge in [0.05, 0.1) is 0 Å². The van der Waals surface area contributed by atoms with Gasteiger partial charge in [0.1, 0.15) is 0 Å². The predicted octanol–water partition coefficient (Wildman–Crippen LogP) is 2.69. The lowest BCUT2D eigenvalue weighted by atomic mass is 10.1. The molecular formula is C13H21IN2. The van der Waals surface area contributed by atoms with Crippen molar-refractivity contribution >= 4 is 22.6 Å². The average Bonchev–Trinajstić information content (AvgIpc) is 2.29. The Morgan fingerprint density at radius 1 is 1.19 bits per heavy atom. The van der Waals surface area contributed by atoms with Gasteiger partial charge in [0.25, 0.3) is 0 Å². The van der Waals surface area contributed by atoms with Crippen LogP contribution < -0.4 is 10.6 Å². The lowest BCUT2D eigenvalue weighted by Crippen LogP contribution is -2.21. The Balaban J connectivity index is 2.24. The highest BCUT2D eigenvalue weighted by Gasteiger charge is 2.00. The van der Waals surface area contributed by atoms with Crippen molar-refractivity contribution in [2.24, 2.45) is 0 Å². The van der Waals surface area contributed by atoms with Crippen LogP contribution in [0.4, 0.5) is 0 Å². The van der Waals surface area contributed by atoms with Crippen LogP contribution in [0, 0.1) is 10.5 Å². The van der Waals surface area contributed by atoms with Crippen molar-refractivity contribution in [1.29, 1.82) is 0 Å². The summed E-state index contributed by atoms with van der Waals surface area (Å²) < 4.78 is 1.39. The van der Waals surface area contributed by atoms with Gasteiger partial charge in [-0.25, -0.2) is 0 Å². The van der Waals surface area contributed by atoms with Crippen LogP contribution in [-0.2, 0) is 6.54 Å². The monoisotopic (exact) mass is 332 g/mol. The van der Waals surface area contributed by atoms with E-state index in [2.05, 4.69) is 65.3 Å². The summed E-state index contributed by atoms with van der Waals surface area (Å²) in [6, 6.07) is 6.50. The van der Waals surface area contributed by atoms with Gasteiger partial charge in [0.15, 0.2) is 0 Å². The number of nitrogens with one attached hydrogen (secondary N) is 2. The van der Waals surface area contributed by atoms with E-state index >= 15 is 0 Å². The van der Waals surface area contributed by atoms with Gasteiger partial charge in [-0.15, -0.1) is 0 Å². The molecule has 3 heteroatoms. The number of hydrogen-bond donors (Lipinski definition) is 2. The zero-order valence-corrected chi connectivity index (χ0v) is 12.3. The van der Waals surface area contributed by atoms with E-state index in [4.69, 9.17) is 0 Å². The van der Waals surface area contributed by atoms with E-state index in [1.165, 1.54) is 21.1 Å². The normalized spacial score (nSPS) is 10.7. The molecule has 2 nitrogen and oxygen atoms in total. The topological polar surface area (TPSA) is 24.1 Å². The molecule has 0 aromatic heterocycles. The molecule has 90 valence electrons. The van der Waals surface area contributed by atoms with Crippen molar-refractivity contribution < 1.29 is 0 Å². The van der Waals surface area contributed by atoms with Crippen LogP contribution in [0.1, 0.15) is 24.5 Å². The summed E-state index contributed by atoms with van der Waals surface area (Å²) in [5.74, 6) is 0. The first-order chi connectivity index (χ1) is 7.75. The Morgan fingerprint density at radius 2 is 1.94 bits per heavy atom. The SMILES string of the molecule is CCNCCCNCc1cccc(C)c1I. The van der Waals surface area contributed by atoms with Gasteiger partial charge >= 0.3 is 0 Å². The molecule has 2 N–H and O–H groups in total. The number of rotatable bonds is 7. The molecule has 0 bridgehead atoms. The molecule has 0 saturated heterocycles. The Labute approximate surface area is 112 Å². The summed E-state index contributed by atoms with van der Waals surface area (Å²) in [6.07, 6.45) is 1.19. The highest BCUT2D eigenvalue weighted by atomic mass is 127. The molecule has 0 heterocycles. The minimum Gasteiger partial charge on any atom is -0.317 e. The van der Waals surface area contributed by atoms with Gasteiger partial charge < -0.3 is 10.6 Å². The molecule has 1 aromatic carbocycles. The highest BCUT2D eigenvalue weighted by molar-refractivity contribution is 14.1. The van der Waals surface area contributed by atoms with E-state index in [1.54, 1.807) is 0 Å². The summed E-state index contributed by atoms with van der Waals surface area (Å²) in [5.41, 5.74) is 2.77. The van der Waals surface area contributed by atoms with Gasteiger partial charge in [0.2, 0.25) is 0 Å². The Morgan fingerprint density at radius 3 is 2.69 bits per heavy atom. The first kappa shape index (κ1) is 13.9. The van der Waals surface area contributed by atoms with Crippen LogP contribution in [-0.4, -0.2) is 19.6 Å². The molecule has 0 aliphatic rings. The van der Waals surface area contributed by atoms with Crippen LogP contribution in [0.2, 0.25) is 0 Å². The Kier molecular flexibility index (Phi) is 7.00. The maximum absolute atomic E-state index is 3.48. The van der Waals surface area contributed by atoms with E-state index in [0.29, 0.717) is 0 Å². The minimum absolute atomic E-state index is 0.978. The maximum Gasteiger partial charge on any atom is 0.0216 e. The van der Waals surface area contributed by atoms with Crippen LogP contribution in [0.25, 0.3) is 0 Å². The zero-order chi connectivity index (χ0) is 11.8. The lowest BCUT2D eigenvalue weighted by molar-refractivity contribution is 0.605. The third-order valence-corrected chi connectivity index (χ3v) is 4.09. The second kappa shape index (κ2) is 8.03. The molecule has 0 saturated carbocycles. The molecular weight excluding hydrogens is 311 g/mol. The third-order valence-electron chi connectivity index (χ3n) is 2.54. The van der Waals surface area contributed by atoms with Gasteiger partial charge in [-0.05, 0) is 66.7 Å². The first-order valence-electron chi connectivity index (χ1n) is 5.91. The second-order valence-electron chi connectivity index (χ2n) is 3.93. The average molecular weight is 332 g/mol. The van der Waals surface area contributed by atoms with Gasteiger partial charge in [-0.1, -0.05) is 25.1 Å². The maximum atomic E-state index is 3.48. The van der Waals surface area contributed by atoms with Crippen molar-refractivity contribution in [2.45, 2.75) is 26.8 Å². The van der Waals surface area contributed by atoms with Crippen LogP contribution >= 0.6 is 22.6 Å². The molecule has 0 radical (unpaired) electrons. The summed E-state index contributed by atoms with van der Waals surface area (Å²) in [5, 5.41) is 6.81. The van der Waals surface area contributed by atoms with Crippen molar-refractivity contribution in [3.63, 3.8) is 0 Å². The Bertz CT molecular complexity index is 313. The zero-order valence-electron chi connectivity index (χ0n) is 10.1. The molecule has 0 spiro atoms. The van der Waals surface area contributed by atoms with Gasteiger partial charge in [-0.2, -0.15) is 0 Å². The smallest absolute Gasteiger partial charge is 0.0216 e. The fraction of sp³-hybridized carbons (Fsp3) is 0.538. The molecule has 1 aromatic rings. The van der Waals surface area contributed by atoms with Crippen LogP contribution in [0.3, 0.4) is 0 Å². The van der Waals surface area contributed by atoms with E-state index < -0.39 is 0 Å². The molecule has 1 rings (SSSR count). The van der Waals surface area contributed by atoms with E-state index in [-0.39, 0.29) is 0 Å². The molecule has 0 aliphatic heterocycles.